The Labute approximate surface area is 162 Å². The van der Waals surface area contributed by atoms with E-state index in [0.29, 0.717) is 30.7 Å². The molecule has 0 atom stereocenters. The van der Waals surface area contributed by atoms with E-state index < -0.39 is 0 Å². The summed E-state index contributed by atoms with van der Waals surface area (Å²) >= 11 is 0. The maximum Gasteiger partial charge on any atom is 0.213 e. The Kier molecular flexibility index (Phi) is 4.88. The zero-order valence-corrected chi connectivity index (χ0v) is 15.2. The molecule has 140 valence electrons. The van der Waals surface area contributed by atoms with Gasteiger partial charge in [-0.3, -0.25) is 4.68 Å². The number of ether oxygens (including phenoxy) is 1. The van der Waals surface area contributed by atoms with Gasteiger partial charge in [-0.05, 0) is 23.3 Å². The zero-order valence-electron chi connectivity index (χ0n) is 15.2. The molecule has 0 aliphatic heterocycles. The van der Waals surface area contributed by atoms with Crippen LogP contribution in [0.3, 0.4) is 0 Å². The number of hydrogen-bond acceptors (Lipinski definition) is 6. The number of nitrogens with zero attached hydrogens (tertiary/aromatic N) is 4. The van der Waals surface area contributed by atoms with Crippen LogP contribution in [0.2, 0.25) is 0 Å². The van der Waals surface area contributed by atoms with Crippen LogP contribution in [0.1, 0.15) is 11.1 Å². The molecule has 0 aliphatic carbocycles. The topological polar surface area (TPSA) is 105 Å². The van der Waals surface area contributed by atoms with Crippen molar-refractivity contribution >= 4 is 11.6 Å². The Balaban J connectivity index is 1.40. The number of aromatic nitrogens is 4. The number of nitrogen functional groups attached to an aromatic ring is 2. The van der Waals surface area contributed by atoms with Gasteiger partial charge in [-0.25, -0.2) is 9.97 Å². The fraction of sp³-hybridized carbons (Fsp3) is 0.0952. The molecule has 0 saturated carbocycles. The van der Waals surface area contributed by atoms with Crippen molar-refractivity contribution in [3.63, 3.8) is 0 Å². The van der Waals surface area contributed by atoms with Crippen molar-refractivity contribution < 1.29 is 4.74 Å². The molecule has 4 aromatic rings. The van der Waals surface area contributed by atoms with E-state index in [4.69, 9.17) is 16.2 Å². The molecule has 4 rings (SSSR count). The molecule has 0 unspecified atom stereocenters. The second-order valence-corrected chi connectivity index (χ2v) is 6.37. The predicted molar refractivity (Wildman–Crippen MR) is 108 cm³/mol. The van der Waals surface area contributed by atoms with Crippen LogP contribution in [0.4, 0.5) is 11.6 Å². The molecule has 0 spiro atoms. The fourth-order valence-electron chi connectivity index (χ4n) is 2.83. The smallest absolute Gasteiger partial charge is 0.213 e. The lowest BCUT2D eigenvalue weighted by atomic mass is 10.1. The summed E-state index contributed by atoms with van der Waals surface area (Å²) in [6.45, 7) is 1.08. The van der Waals surface area contributed by atoms with Gasteiger partial charge in [0, 0.05) is 29.6 Å². The lowest BCUT2D eigenvalue weighted by Crippen LogP contribution is -2.02. The number of benzene rings is 1. The predicted octanol–water partition coefficient (Wildman–Crippen LogP) is 3.13. The Morgan fingerprint density at radius 2 is 1.75 bits per heavy atom. The standard InChI is InChI=1S/C21H20N6O/c22-19-8-7-18(21(23)26-19)17-11-25-27(13-17)12-16-6-9-20(24-10-16)28-14-15-4-2-1-3-5-15/h1-11,13H,12,14H2,(H4,22,23,26). The van der Waals surface area contributed by atoms with E-state index in [1.165, 1.54) is 0 Å². The summed E-state index contributed by atoms with van der Waals surface area (Å²) in [6.07, 6.45) is 5.47. The van der Waals surface area contributed by atoms with Gasteiger partial charge in [-0.2, -0.15) is 5.10 Å². The van der Waals surface area contributed by atoms with Crippen molar-refractivity contribution in [1.82, 2.24) is 19.7 Å². The molecule has 7 nitrogen and oxygen atoms in total. The van der Waals surface area contributed by atoms with Crippen molar-refractivity contribution in [2.24, 2.45) is 0 Å². The van der Waals surface area contributed by atoms with Gasteiger partial charge in [0.25, 0.3) is 0 Å². The molecule has 1 aromatic carbocycles. The Morgan fingerprint density at radius 1 is 0.893 bits per heavy atom. The van der Waals surface area contributed by atoms with Gasteiger partial charge in [0.05, 0.1) is 12.7 Å². The minimum Gasteiger partial charge on any atom is -0.473 e. The molecular weight excluding hydrogens is 352 g/mol. The van der Waals surface area contributed by atoms with Gasteiger partial charge in [-0.1, -0.05) is 36.4 Å². The first-order chi connectivity index (χ1) is 13.7. The summed E-state index contributed by atoms with van der Waals surface area (Å²) in [5, 5.41) is 4.39. The van der Waals surface area contributed by atoms with Crippen molar-refractivity contribution in [2.45, 2.75) is 13.2 Å². The Morgan fingerprint density at radius 3 is 2.50 bits per heavy atom. The van der Waals surface area contributed by atoms with E-state index in [1.807, 2.05) is 59.4 Å². The third-order valence-corrected chi connectivity index (χ3v) is 4.26. The first-order valence-corrected chi connectivity index (χ1v) is 8.84. The quantitative estimate of drug-likeness (QED) is 0.539. The summed E-state index contributed by atoms with van der Waals surface area (Å²) in [4.78, 5) is 8.46. The van der Waals surface area contributed by atoms with E-state index in [-0.39, 0.29) is 0 Å². The largest absolute Gasteiger partial charge is 0.473 e. The molecule has 0 bridgehead atoms. The van der Waals surface area contributed by atoms with Gasteiger partial charge in [0.15, 0.2) is 0 Å². The fourth-order valence-corrected chi connectivity index (χ4v) is 2.83. The first-order valence-electron chi connectivity index (χ1n) is 8.84. The second-order valence-electron chi connectivity index (χ2n) is 6.37. The monoisotopic (exact) mass is 372 g/mol. The Hall–Kier alpha value is -3.87. The molecule has 0 saturated heterocycles. The third-order valence-electron chi connectivity index (χ3n) is 4.26. The van der Waals surface area contributed by atoms with Crippen LogP contribution in [-0.2, 0) is 13.2 Å². The van der Waals surface area contributed by atoms with Gasteiger partial charge >= 0.3 is 0 Å². The van der Waals surface area contributed by atoms with E-state index >= 15 is 0 Å². The van der Waals surface area contributed by atoms with Crippen molar-refractivity contribution in [1.29, 1.82) is 0 Å². The van der Waals surface area contributed by atoms with E-state index in [9.17, 15) is 0 Å². The average molecular weight is 372 g/mol. The maximum atomic E-state index is 5.95. The Bertz CT molecular complexity index is 1060. The molecule has 3 heterocycles. The van der Waals surface area contributed by atoms with Crippen LogP contribution in [-0.4, -0.2) is 19.7 Å². The highest BCUT2D eigenvalue weighted by Crippen LogP contribution is 2.25. The highest BCUT2D eigenvalue weighted by Gasteiger charge is 2.08. The number of nitrogens with two attached hydrogens (primary N) is 2. The normalized spacial score (nSPS) is 10.7. The SMILES string of the molecule is Nc1ccc(-c2cnn(Cc3ccc(OCc4ccccc4)nc3)c2)c(N)n1. The third kappa shape index (κ3) is 4.09. The van der Waals surface area contributed by atoms with Crippen molar-refractivity contribution in [3.8, 4) is 17.0 Å². The van der Waals surface area contributed by atoms with Crippen molar-refractivity contribution in [3.05, 3.63) is 84.3 Å². The van der Waals surface area contributed by atoms with Gasteiger partial charge in [0.1, 0.15) is 18.2 Å². The van der Waals surface area contributed by atoms with Crippen LogP contribution in [0, 0.1) is 0 Å². The van der Waals surface area contributed by atoms with Crippen LogP contribution in [0.5, 0.6) is 5.88 Å². The first kappa shape index (κ1) is 17.5. The highest BCUT2D eigenvalue weighted by atomic mass is 16.5. The molecule has 28 heavy (non-hydrogen) atoms. The lowest BCUT2D eigenvalue weighted by Gasteiger charge is -2.07. The number of hydrogen-bond donors (Lipinski definition) is 2. The van der Waals surface area contributed by atoms with Crippen molar-refractivity contribution in [2.75, 3.05) is 11.5 Å². The lowest BCUT2D eigenvalue weighted by molar-refractivity contribution is 0.293. The molecule has 7 heteroatoms. The van der Waals surface area contributed by atoms with Gasteiger partial charge in [0.2, 0.25) is 5.88 Å². The molecule has 0 aliphatic rings. The van der Waals surface area contributed by atoms with E-state index in [0.717, 1.165) is 22.3 Å². The van der Waals surface area contributed by atoms with Gasteiger partial charge < -0.3 is 16.2 Å². The highest BCUT2D eigenvalue weighted by molar-refractivity contribution is 5.73. The average Bonchev–Trinajstić information content (AvgIpc) is 3.16. The molecular formula is C21H20N6O. The van der Waals surface area contributed by atoms with Crippen LogP contribution < -0.4 is 16.2 Å². The van der Waals surface area contributed by atoms with Gasteiger partial charge in [-0.15, -0.1) is 0 Å². The summed E-state index contributed by atoms with van der Waals surface area (Å²) in [6, 6.07) is 17.4. The minimum atomic E-state index is 0.390. The molecule has 0 amide bonds. The molecule has 3 aromatic heterocycles. The number of anilines is 2. The zero-order chi connectivity index (χ0) is 19.3. The second kappa shape index (κ2) is 7.79. The van der Waals surface area contributed by atoms with Crippen LogP contribution in [0.15, 0.2) is 73.2 Å². The van der Waals surface area contributed by atoms with Crippen LogP contribution in [0.25, 0.3) is 11.1 Å². The summed E-state index contributed by atoms with van der Waals surface area (Å²) < 4.78 is 7.54. The summed E-state index contributed by atoms with van der Waals surface area (Å²) in [5.74, 6) is 1.38. The summed E-state index contributed by atoms with van der Waals surface area (Å²) in [7, 11) is 0. The molecule has 0 radical (unpaired) electrons. The number of rotatable bonds is 6. The van der Waals surface area contributed by atoms with E-state index in [2.05, 4.69) is 15.1 Å². The molecule has 0 fully saturated rings. The van der Waals surface area contributed by atoms with E-state index in [1.54, 1.807) is 18.5 Å². The van der Waals surface area contributed by atoms with Crippen LogP contribution >= 0.6 is 0 Å². The minimum absolute atomic E-state index is 0.390. The number of pyridine rings is 2. The summed E-state index contributed by atoms with van der Waals surface area (Å²) in [5.41, 5.74) is 15.4. The maximum absolute atomic E-state index is 5.95. The molecule has 4 N–H and O–H groups in total.